The molecule has 0 aliphatic rings. The Labute approximate surface area is 181 Å². The maximum Gasteiger partial charge on any atom is 0.417 e. The Bertz CT molecular complexity index is 1380. The Morgan fingerprint density at radius 2 is 2.03 bits per heavy atom. The normalized spacial score (nSPS) is 11.9. The van der Waals surface area contributed by atoms with Crippen LogP contribution in [-0.2, 0) is 16.7 Å². The van der Waals surface area contributed by atoms with Crippen LogP contribution in [0.5, 0.6) is 0 Å². The maximum absolute atomic E-state index is 13.1. The van der Waals surface area contributed by atoms with Gasteiger partial charge < -0.3 is 9.73 Å². The zero-order chi connectivity index (χ0) is 22.3. The van der Waals surface area contributed by atoms with Gasteiger partial charge in [0.15, 0.2) is 10.8 Å². The number of hydrogen-bond acceptors (Lipinski definition) is 6. The van der Waals surface area contributed by atoms with E-state index in [9.17, 15) is 22.8 Å². The van der Waals surface area contributed by atoms with Crippen LogP contribution >= 0.6 is 23.4 Å². The molecular formula is C19H12ClF3N4O3S. The average Bonchev–Trinajstić information content (AvgIpc) is 3.08. The summed E-state index contributed by atoms with van der Waals surface area (Å²) in [6.45, 7) is 1.35. The SMILES string of the molecule is CC(=O)Nc1ccc2c(CSc3nnc4c(Cl)cc(C(F)(F)F)cn34)cc(=O)oc2c1. The van der Waals surface area contributed by atoms with Crippen molar-refractivity contribution in [1.29, 1.82) is 0 Å². The number of nitrogens with one attached hydrogen (secondary N) is 1. The Kier molecular flexibility index (Phi) is 5.40. The van der Waals surface area contributed by atoms with Crippen LogP contribution in [-0.4, -0.2) is 20.5 Å². The van der Waals surface area contributed by atoms with Crippen molar-refractivity contribution in [3.63, 3.8) is 0 Å². The molecule has 0 atom stereocenters. The summed E-state index contributed by atoms with van der Waals surface area (Å²) in [5, 5.41) is 11.0. The highest BCUT2D eigenvalue weighted by Gasteiger charge is 2.32. The van der Waals surface area contributed by atoms with E-state index in [0.29, 0.717) is 16.6 Å². The second-order valence-electron chi connectivity index (χ2n) is 6.52. The second-order valence-corrected chi connectivity index (χ2v) is 7.87. The number of benzene rings is 1. The molecule has 0 aliphatic heterocycles. The molecule has 1 N–H and O–H groups in total. The summed E-state index contributed by atoms with van der Waals surface area (Å²) < 4.78 is 45.7. The Balaban J connectivity index is 1.69. The van der Waals surface area contributed by atoms with Crippen LogP contribution < -0.4 is 10.9 Å². The first-order valence-corrected chi connectivity index (χ1v) is 10.1. The number of carbonyl (C=O) groups excluding carboxylic acids is 1. The lowest BCUT2D eigenvalue weighted by Crippen LogP contribution is -2.07. The van der Waals surface area contributed by atoms with Gasteiger partial charge in [-0.05, 0) is 23.8 Å². The fraction of sp³-hybridized carbons (Fsp3) is 0.158. The molecule has 0 saturated carbocycles. The van der Waals surface area contributed by atoms with E-state index in [1.54, 1.807) is 12.1 Å². The predicted octanol–water partition coefficient (Wildman–Crippen LogP) is 4.76. The fourth-order valence-electron chi connectivity index (χ4n) is 2.96. The summed E-state index contributed by atoms with van der Waals surface area (Å²) in [5.74, 6) is -0.0695. The largest absolute Gasteiger partial charge is 0.423 e. The van der Waals surface area contributed by atoms with Crippen molar-refractivity contribution in [3.05, 3.63) is 63.1 Å². The second kappa shape index (κ2) is 7.89. The van der Waals surface area contributed by atoms with Crippen molar-refractivity contribution >= 4 is 51.6 Å². The van der Waals surface area contributed by atoms with E-state index in [4.69, 9.17) is 16.0 Å². The summed E-state index contributed by atoms with van der Waals surface area (Å²) in [6.07, 6.45) is -3.70. The molecule has 0 saturated heterocycles. The third-order valence-electron chi connectivity index (χ3n) is 4.26. The lowest BCUT2D eigenvalue weighted by atomic mass is 10.1. The zero-order valence-electron chi connectivity index (χ0n) is 15.7. The molecular weight excluding hydrogens is 457 g/mol. The van der Waals surface area contributed by atoms with Crippen LogP contribution in [0.15, 0.2) is 50.9 Å². The van der Waals surface area contributed by atoms with Gasteiger partial charge in [-0.3, -0.25) is 9.20 Å². The molecule has 0 spiro atoms. The molecule has 0 radical (unpaired) electrons. The van der Waals surface area contributed by atoms with E-state index in [1.807, 2.05) is 0 Å². The molecule has 3 aromatic heterocycles. The van der Waals surface area contributed by atoms with Crippen LogP contribution in [0.25, 0.3) is 16.6 Å². The van der Waals surface area contributed by atoms with E-state index in [1.165, 1.54) is 23.5 Å². The lowest BCUT2D eigenvalue weighted by molar-refractivity contribution is -0.137. The Morgan fingerprint density at radius 1 is 1.26 bits per heavy atom. The van der Waals surface area contributed by atoms with E-state index in [2.05, 4.69) is 15.5 Å². The number of hydrogen-bond donors (Lipinski definition) is 1. The highest BCUT2D eigenvalue weighted by molar-refractivity contribution is 7.98. The lowest BCUT2D eigenvalue weighted by Gasteiger charge is -2.09. The van der Waals surface area contributed by atoms with Gasteiger partial charge in [-0.1, -0.05) is 23.4 Å². The van der Waals surface area contributed by atoms with Gasteiger partial charge >= 0.3 is 11.8 Å². The van der Waals surface area contributed by atoms with Gasteiger partial charge in [0.25, 0.3) is 0 Å². The van der Waals surface area contributed by atoms with Crippen molar-refractivity contribution in [2.75, 3.05) is 5.32 Å². The quantitative estimate of drug-likeness (QED) is 0.343. The van der Waals surface area contributed by atoms with Gasteiger partial charge in [0, 0.05) is 42.1 Å². The number of amides is 1. The predicted molar refractivity (Wildman–Crippen MR) is 109 cm³/mol. The third kappa shape index (κ3) is 4.37. The standard InChI is InChI=1S/C19H12ClF3N4O3S/c1-9(28)24-12-2-3-13-10(4-16(29)30-15(13)6-12)8-31-18-26-25-17-14(20)5-11(7-27(17)18)19(21,22)23/h2-7H,8H2,1H3,(H,24,28). The minimum atomic E-state index is -4.58. The first-order valence-electron chi connectivity index (χ1n) is 8.70. The zero-order valence-corrected chi connectivity index (χ0v) is 17.2. The molecule has 31 heavy (non-hydrogen) atoms. The van der Waals surface area contributed by atoms with Crippen LogP contribution in [0.2, 0.25) is 5.02 Å². The molecule has 4 aromatic rings. The fourth-order valence-corrected chi connectivity index (χ4v) is 4.11. The molecule has 160 valence electrons. The van der Waals surface area contributed by atoms with Crippen molar-refractivity contribution < 1.29 is 22.4 Å². The first kappa shape index (κ1) is 21.2. The number of carbonyl (C=O) groups is 1. The monoisotopic (exact) mass is 468 g/mol. The topological polar surface area (TPSA) is 89.5 Å². The summed E-state index contributed by atoms with van der Waals surface area (Å²) in [5.41, 5.74) is -0.122. The number of halogens is 4. The number of pyridine rings is 1. The molecule has 0 fully saturated rings. The number of anilines is 1. The molecule has 1 aromatic carbocycles. The molecule has 0 unspecified atom stereocenters. The number of thioether (sulfide) groups is 1. The van der Waals surface area contributed by atoms with E-state index in [0.717, 1.165) is 24.0 Å². The molecule has 7 nitrogen and oxygen atoms in total. The number of rotatable bonds is 4. The third-order valence-corrected chi connectivity index (χ3v) is 5.53. The number of aromatic nitrogens is 3. The van der Waals surface area contributed by atoms with Gasteiger partial charge in [-0.2, -0.15) is 13.2 Å². The Morgan fingerprint density at radius 3 is 2.74 bits per heavy atom. The molecule has 0 bridgehead atoms. The number of fused-ring (bicyclic) bond motifs is 2. The highest BCUT2D eigenvalue weighted by atomic mass is 35.5. The van der Waals surface area contributed by atoms with Gasteiger partial charge in [-0.15, -0.1) is 10.2 Å². The number of nitrogens with zero attached hydrogens (tertiary/aromatic N) is 3. The minimum Gasteiger partial charge on any atom is -0.423 e. The van der Waals surface area contributed by atoms with Gasteiger partial charge in [0.2, 0.25) is 5.91 Å². The van der Waals surface area contributed by atoms with Gasteiger partial charge in [0.1, 0.15) is 5.58 Å². The summed E-state index contributed by atoms with van der Waals surface area (Å²) in [7, 11) is 0. The molecule has 3 heterocycles. The Hall–Kier alpha value is -3.05. The molecule has 1 amide bonds. The van der Waals surface area contributed by atoms with Crippen LogP contribution in [0, 0.1) is 0 Å². The van der Waals surface area contributed by atoms with E-state index in [-0.39, 0.29) is 33.1 Å². The minimum absolute atomic E-state index is 0.0922. The van der Waals surface area contributed by atoms with Crippen molar-refractivity contribution in [2.24, 2.45) is 0 Å². The summed E-state index contributed by atoms with van der Waals surface area (Å²) >= 11 is 7.02. The number of alkyl halides is 3. The van der Waals surface area contributed by atoms with E-state index < -0.39 is 17.4 Å². The summed E-state index contributed by atoms with van der Waals surface area (Å²) in [4.78, 5) is 23.2. The van der Waals surface area contributed by atoms with Crippen molar-refractivity contribution in [3.8, 4) is 0 Å². The maximum atomic E-state index is 13.1. The average molecular weight is 469 g/mol. The van der Waals surface area contributed by atoms with Crippen LogP contribution in [0.1, 0.15) is 18.1 Å². The first-order chi connectivity index (χ1) is 14.6. The summed E-state index contributed by atoms with van der Waals surface area (Å²) in [6, 6.07) is 6.95. The highest BCUT2D eigenvalue weighted by Crippen LogP contribution is 2.34. The molecule has 0 aliphatic carbocycles. The molecule has 4 rings (SSSR count). The van der Waals surface area contributed by atoms with Gasteiger partial charge in [-0.25, -0.2) is 4.79 Å². The van der Waals surface area contributed by atoms with Crippen molar-refractivity contribution in [1.82, 2.24) is 14.6 Å². The van der Waals surface area contributed by atoms with Crippen molar-refractivity contribution in [2.45, 2.75) is 24.0 Å². The van der Waals surface area contributed by atoms with Crippen LogP contribution in [0.3, 0.4) is 0 Å². The van der Waals surface area contributed by atoms with Gasteiger partial charge in [0.05, 0.1) is 10.6 Å². The van der Waals surface area contributed by atoms with E-state index >= 15 is 0 Å². The van der Waals surface area contributed by atoms with Crippen LogP contribution in [0.4, 0.5) is 18.9 Å². The smallest absolute Gasteiger partial charge is 0.417 e. The molecule has 12 heteroatoms.